The molecule has 0 saturated heterocycles. The van der Waals surface area contributed by atoms with Crippen LogP contribution in [0.5, 0.6) is 0 Å². The van der Waals surface area contributed by atoms with Crippen molar-refractivity contribution < 1.29 is 29.7 Å². The van der Waals surface area contributed by atoms with E-state index in [1.807, 2.05) is 0 Å². The van der Waals surface area contributed by atoms with Crippen molar-refractivity contribution in [1.82, 2.24) is 0 Å². The summed E-state index contributed by atoms with van der Waals surface area (Å²) in [5, 5.41) is 26.6. The van der Waals surface area contributed by atoms with E-state index >= 15 is 0 Å². The Morgan fingerprint density at radius 2 is 1.10 bits per heavy atom. The van der Waals surface area contributed by atoms with Crippen LogP contribution in [0.25, 0.3) is 0 Å². The third kappa shape index (κ3) is 13.0. The summed E-state index contributed by atoms with van der Waals surface area (Å²) in [7, 11) is 0. The first-order chi connectivity index (χ1) is 19.2. The molecule has 0 spiro atoms. The average Bonchev–Trinajstić information content (AvgIpc) is 3.64. The predicted molar refractivity (Wildman–Crippen MR) is 163 cm³/mol. The monoisotopic (exact) mass is 583 g/mol. The zero-order chi connectivity index (χ0) is 31.3. The summed E-state index contributed by atoms with van der Waals surface area (Å²) >= 11 is 0. The fraction of sp³-hybridized carbons (Fsp3) is 0.906. The molecule has 0 radical (unpaired) electrons. The van der Waals surface area contributed by atoms with Gasteiger partial charge in [-0.3, -0.25) is 14.4 Å². The number of carbonyl (C=O) groups is 3. The fourth-order valence-electron chi connectivity index (χ4n) is 6.44. The van der Waals surface area contributed by atoms with Gasteiger partial charge in [-0.15, -0.1) is 0 Å². The van der Waals surface area contributed by atoms with Crippen LogP contribution in [0.3, 0.4) is 0 Å². The topological polar surface area (TPSA) is 190 Å². The summed E-state index contributed by atoms with van der Waals surface area (Å²) in [5.41, 5.74) is 17.2. The zero-order valence-corrected chi connectivity index (χ0v) is 26.3. The lowest BCUT2D eigenvalue weighted by Crippen LogP contribution is -2.36. The Kier molecular flexibility index (Phi) is 15.9. The maximum atomic E-state index is 10.9. The minimum absolute atomic E-state index is 0.266. The van der Waals surface area contributed by atoms with E-state index in [4.69, 9.17) is 32.5 Å². The molecule has 3 unspecified atom stereocenters. The molecule has 3 saturated carbocycles. The van der Waals surface area contributed by atoms with E-state index in [1.54, 1.807) is 0 Å². The van der Waals surface area contributed by atoms with Gasteiger partial charge in [-0.1, -0.05) is 59.8 Å². The van der Waals surface area contributed by atoms with Crippen molar-refractivity contribution in [3.63, 3.8) is 0 Å². The van der Waals surface area contributed by atoms with Crippen LogP contribution in [-0.2, 0) is 14.4 Å². The van der Waals surface area contributed by atoms with E-state index in [-0.39, 0.29) is 42.8 Å². The summed E-state index contributed by atoms with van der Waals surface area (Å²) in [6.45, 7) is 9.60. The van der Waals surface area contributed by atoms with E-state index in [0.717, 1.165) is 44.4 Å². The van der Waals surface area contributed by atoms with Gasteiger partial charge in [0, 0.05) is 19.6 Å². The third-order valence-electron chi connectivity index (χ3n) is 10.2. The van der Waals surface area contributed by atoms with Crippen LogP contribution in [0.1, 0.15) is 124 Å². The number of carboxylic acid groups (broad SMARTS) is 3. The second-order valence-corrected chi connectivity index (χ2v) is 14.1. The lowest BCUT2D eigenvalue weighted by Gasteiger charge is -2.42. The van der Waals surface area contributed by atoms with Gasteiger partial charge in [0.1, 0.15) is 0 Å². The third-order valence-corrected chi connectivity index (χ3v) is 10.2. The van der Waals surface area contributed by atoms with Gasteiger partial charge in [-0.25, -0.2) is 0 Å². The average molecular weight is 584 g/mol. The van der Waals surface area contributed by atoms with Crippen LogP contribution in [-0.4, -0.2) is 52.9 Å². The first kappa shape index (κ1) is 37.3. The normalized spacial score (nSPS) is 21.4. The molecular formula is C32H61N3O6. The van der Waals surface area contributed by atoms with Gasteiger partial charge in [0.15, 0.2) is 0 Å². The zero-order valence-electron chi connectivity index (χ0n) is 26.3. The first-order valence-corrected chi connectivity index (χ1v) is 16.0. The highest BCUT2D eigenvalue weighted by atomic mass is 16.4. The Morgan fingerprint density at radius 1 is 0.683 bits per heavy atom. The van der Waals surface area contributed by atoms with Gasteiger partial charge in [0.25, 0.3) is 0 Å². The molecular weight excluding hydrogens is 522 g/mol. The van der Waals surface area contributed by atoms with Crippen molar-refractivity contribution in [2.75, 3.05) is 19.6 Å². The minimum atomic E-state index is -0.745. The molecule has 9 heteroatoms. The first-order valence-electron chi connectivity index (χ1n) is 16.0. The van der Waals surface area contributed by atoms with Gasteiger partial charge < -0.3 is 32.5 Å². The van der Waals surface area contributed by atoms with Gasteiger partial charge >= 0.3 is 17.9 Å². The Bertz CT molecular complexity index is 800. The summed E-state index contributed by atoms with van der Waals surface area (Å²) < 4.78 is 0. The molecule has 3 rings (SSSR count). The summed E-state index contributed by atoms with van der Waals surface area (Å²) in [5.74, 6) is -2.46. The molecule has 41 heavy (non-hydrogen) atoms. The molecule has 0 aliphatic heterocycles. The van der Waals surface area contributed by atoms with Crippen molar-refractivity contribution in [3.8, 4) is 0 Å². The molecule has 9 nitrogen and oxygen atoms in total. The molecule has 240 valence electrons. The second kappa shape index (κ2) is 17.4. The molecule has 3 aliphatic carbocycles. The van der Waals surface area contributed by atoms with Crippen LogP contribution < -0.4 is 17.2 Å². The van der Waals surface area contributed by atoms with Crippen LogP contribution in [0.15, 0.2) is 0 Å². The van der Waals surface area contributed by atoms with E-state index in [1.165, 1.54) is 57.8 Å². The van der Waals surface area contributed by atoms with E-state index < -0.39 is 17.9 Å². The fourth-order valence-corrected chi connectivity index (χ4v) is 6.44. The summed E-state index contributed by atoms with van der Waals surface area (Å²) in [6, 6.07) is 0. The van der Waals surface area contributed by atoms with Crippen LogP contribution in [0.2, 0.25) is 0 Å². The van der Waals surface area contributed by atoms with E-state index in [9.17, 15) is 14.4 Å². The highest BCUT2D eigenvalue weighted by Gasteiger charge is 2.44. The van der Waals surface area contributed by atoms with Crippen LogP contribution >= 0.6 is 0 Å². The molecule has 3 aliphatic rings. The Labute approximate surface area is 248 Å². The van der Waals surface area contributed by atoms with Crippen molar-refractivity contribution in [2.24, 2.45) is 57.1 Å². The second-order valence-electron chi connectivity index (χ2n) is 14.1. The lowest BCUT2D eigenvalue weighted by molar-refractivity contribution is -0.144. The molecule has 0 heterocycles. The lowest BCUT2D eigenvalue weighted by atomic mass is 9.63. The maximum absolute atomic E-state index is 10.9. The predicted octanol–water partition coefficient (Wildman–Crippen LogP) is 5.49. The Balaban J connectivity index is 0.000000311. The van der Waals surface area contributed by atoms with Gasteiger partial charge in [0.05, 0.1) is 17.8 Å². The van der Waals surface area contributed by atoms with Gasteiger partial charge in [-0.2, -0.15) is 0 Å². The summed E-state index contributed by atoms with van der Waals surface area (Å²) in [4.78, 5) is 32.4. The molecule has 9 N–H and O–H groups in total. The number of nitrogens with two attached hydrogens (primary N) is 3. The standard InChI is InChI=1S/C13H25NO2.C10H19NO2.C9H17NO2/c1-10(2)4-3-5-13(6-7-13)8-11(9-14)12(15)16;1-2-10(4-3-5-10)6-8(7-11)9(12)13;1-9(3-2-4-9)5-7(6-10)8(11)12/h10-11H,3-9,14H2,1-2H3,(H,15,16);8H,2-7,11H2,1H3,(H,12,13);7H,2-6,10H2,1H3,(H,11,12). The number of aliphatic carboxylic acids is 3. The van der Waals surface area contributed by atoms with Gasteiger partial charge in [-0.05, 0) is 86.4 Å². The largest absolute Gasteiger partial charge is 0.481 e. The van der Waals surface area contributed by atoms with E-state index in [2.05, 4.69) is 27.7 Å². The maximum Gasteiger partial charge on any atom is 0.307 e. The molecule has 3 fully saturated rings. The molecule has 0 aromatic rings. The van der Waals surface area contributed by atoms with Crippen LogP contribution in [0, 0.1) is 39.9 Å². The molecule has 0 aromatic heterocycles. The SMILES string of the molecule is CC(C)CCCC1(CC(CN)C(=O)O)CC1.CC1(CC(CN)C(=O)O)CCC1.CCC1(CC(CN)C(=O)O)CCC1. The highest BCUT2D eigenvalue weighted by Crippen LogP contribution is 2.54. The number of hydrogen-bond acceptors (Lipinski definition) is 6. The van der Waals surface area contributed by atoms with Crippen molar-refractivity contribution in [1.29, 1.82) is 0 Å². The van der Waals surface area contributed by atoms with Crippen molar-refractivity contribution in [2.45, 2.75) is 124 Å². The minimum Gasteiger partial charge on any atom is -0.481 e. The number of hydrogen-bond donors (Lipinski definition) is 6. The summed E-state index contributed by atoms with van der Waals surface area (Å²) in [6.07, 6.45) is 16.7. The molecule has 0 aromatic carbocycles. The Morgan fingerprint density at radius 3 is 1.37 bits per heavy atom. The quantitative estimate of drug-likeness (QED) is 0.129. The molecule has 0 bridgehead atoms. The molecule has 0 amide bonds. The smallest absolute Gasteiger partial charge is 0.307 e. The highest BCUT2D eigenvalue weighted by molar-refractivity contribution is 5.71. The van der Waals surface area contributed by atoms with Crippen LogP contribution in [0.4, 0.5) is 0 Å². The number of rotatable bonds is 17. The number of carboxylic acids is 3. The van der Waals surface area contributed by atoms with E-state index in [0.29, 0.717) is 10.8 Å². The van der Waals surface area contributed by atoms with Crippen molar-refractivity contribution in [3.05, 3.63) is 0 Å². The Hall–Kier alpha value is -1.71. The van der Waals surface area contributed by atoms with Crippen molar-refractivity contribution >= 4 is 17.9 Å². The molecule has 3 atom stereocenters. The van der Waals surface area contributed by atoms with Gasteiger partial charge in [0.2, 0.25) is 0 Å².